The molecule has 1 fully saturated rings. The van der Waals surface area contributed by atoms with Crippen molar-refractivity contribution < 1.29 is 18.3 Å². The molecular formula is C12H19N3O4S. The Hall–Kier alpha value is -1.41. The summed E-state index contributed by atoms with van der Waals surface area (Å²) in [5.41, 5.74) is 0.781. The smallest absolute Gasteiger partial charge is 0.307 e. The lowest BCUT2D eigenvalue weighted by Gasteiger charge is -2.23. The summed E-state index contributed by atoms with van der Waals surface area (Å²) in [7, 11) is -0.361. The third kappa shape index (κ3) is 2.85. The Bertz CT molecular complexity index is 596. The molecule has 0 bridgehead atoms. The standard InChI is InChI=1S/C12H19N3O4S/c1-14-7-9(6-13-14)8-15(2)20(18,19)11-5-3-4-10(11)12(16)17/h6-7,10-11H,3-5,8H2,1-2H3,(H,16,17). The first-order valence-electron chi connectivity index (χ1n) is 6.48. The molecule has 0 saturated heterocycles. The second-order valence-electron chi connectivity index (χ2n) is 5.24. The van der Waals surface area contributed by atoms with Crippen LogP contribution in [-0.4, -0.2) is 45.9 Å². The molecule has 1 aliphatic carbocycles. The van der Waals surface area contributed by atoms with E-state index in [9.17, 15) is 13.2 Å². The molecule has 0 amide bonds. The number of aliphatic carboxylic acids is 1. The molecule has 20 heavy (non-hydrogen) atoms. The minimum absolute atomic E-state index is 0.207. The van der Waals surface area contributed by atoms with Crippen molar-refractivity contribution >= 4 is 16.0 Å². The van der Waals surface area contributed by atoms with E-state index in [1.165, 1.54) is 11.4 Å². The van der Waals surface area contributed by atoms with E-state index in [0.717, 1.165) is 5.56 Å². The third-order valence-corrected chi connectivity index (χ3v) is 6.08. The van der Waals surface area contributed by atoms with Crippen LogP contribution in [0.5, 0.6) is 0 Å². The zero-order chi connectivity index (χ0) is 14.9. The first-order chi connectivity index (χ1) is 9.32. The Morgan fingerprint density at radius 1 is 1.55 bits per heavy atom. The second kappa shape index (κ2) is 5.53. The number of sulfonamides is 1. The van der Waals surface area contributed by atoms with Crippen molar-refractivity contribution in [2.75, 3.05) is 7.05 Å². The van der Waals surface area contributed by atoms with E-state index in [0.29, 0.717) is 19.3 Å². The highest BCUT2D eigenvalue weighted by Crippen LogP contribution is 2.33. The zero-order valence-electron chi connectivity index (χ0n) is 11.6. The van der Waals surface area contributed by atoms with Gasteiger partial charge in [-0.05, 0) is 12.8 Å². The quantitative estimate of drug-likeness (QED) is 0.851. The topological polar surface area (TPSA) is 92.5 Å². The molecule has 1 saturated carbocycles. The molecule has 0 radical (unpaired) electrons. The van der Waals surface area contributed by atoms with E-state index in [1.807, 2.05) is 0 Å². The molecule has 0 spiro atoms. The summed E-state index contributed by atoms with van der Waals surface area (Å²) in [6, 6.07) is 0. The average molecular weight is 301 g/mol. The molecule has 2 rings (SSSR count). The first-order valence-corrected chi connectivity index (χ1v) is 7.98. The maximum absolute atomic E-state index is 12.5. The predicted molar refractivity (Wildman–Crippen MR) is 72.4 cm³/mol. The number of hydrogen-bond acceptors (Lipinski definition) is 4. The maximum atomic E-state index is 12.5. The summed E-state index contributed by atoms with van der Waals surface area (Å²) in [5, 5.41) is 12.3. The van der Waals surface area contributed by atoms with Gasteiger partial charge >= 0.3 is 5.97 Å². The van der Waals surface area contributed by atoms with Crippen LogP contribution in [0, 0.1) is 5.92 Å². The van der Waals surface area contributed by atoms with E-state index in [2.05, 4.69) is 5.10 Å². The van der Waals surface area contributed by atoms with Gasteiger partial charge in [0, 0.05) is 32.4 Å². The summed E-state index contributed by atoms with van der Waals surface area (Å²) in [6.07, 6.45) is 4.84. The molecule has 112 valence electrons. The average Bonchev–Trinajstić information content (AvgIpc) is 2.98. The lowest BCUT2D eigenvalue weighted by atomic mass is 10.1. The van der Waals surface area contributed by atoms with Gasteiger partial charge in [-0.2, -0.15) is 5.10 Å². The molecule has 7 nitrogen and oxygen atoms in total. The number of hydrogen-bond donors (Lipinski definition) is 1. The van der Waals surface area contributed by atoms with E-state index in [-0.39, 0.29) is 6.54 Å². The number of aromatic nitrogens is 2. The lowest BCUT2D eigenvalue weighted by molar-refractivity contribution is -0.141. The minimum atomic E-state index is -3.61. The van der Waals surface area contributed by atoms with Gasteiger partial charge in [0.2, 0.25) is 10.0 Å². The second-order valence-corrected chi connectivity index (χ2v) is 7.50. The number of rotatable bonds is 5. The van der Waals surface area contributed by atoms with Crippen molar-refractivity contribution in [3.05, 3.63) is 18.0 Å². The minimum Gasteiger partial charge on any atom is -0.481 e. The van der Waals surface area contributed by atoms with Crippen molar-refractivity contribution in [2.45, 2.75) is 31.1 Å². The van der Waals surface area contributed by atoms with Crippen LogP contribution in [0.25, 0.3) is 0 Å². The van der Waals surface area contributed by atoms with E-state index >= 15 is 0 Å². The number of carboxylic acid groups (broad SMARTS) is 1. The van der Waals surface area contributed by atoms with Gasteiger partial charge in [0.25, 0.3) is 0 Å². The number of nitrogens with zero attached hydrogens (tertiary/aromatic N) is 3. The van der Waals surface area contributed by atoms with Crippen molar-refractivity contribution in [1.82, 2.24) is 14.1 Å². The van der Waals surface area contributed by atoms with Gasteiger partial charge in [-0.3, -0.25) is 9.48 Å². The van der Waals surface area contributed by atoms with Crippen LogP contribution in [0.2, 0.25) is 0 Å². The Morgan fingerprint density at radius 2 is 2.25 bits per heavy atom. The number of aryl methyl sites for hydroxylation is 1. The fourth-order valence-corrected chi connectivity index (χ4v) is 4.62. The zero-order valence-corrected chi connectivity index (χ0v) is 12.4. The molecule has 8 heteroatoms. The fraction of sp³-hybridized carbons (Fsp3) is 0.667. The molecule has 1 heterocycles. The van der Waals surface area contributed by atoms with E-state index in [4.69, 9.17) is 5.11 Å². The lowest BCUT2D eigenvalue weighted by Crippen LogP contribution is -2.39. The predicted octanol–water partition coefficient (Wildman–Crippen LogP) is 0.435. The van der Waals surface area contributed by atoms with Crippen molar-refractivity contribution in [1.29, 1.82) is 0 Å². The van der Waals surface area contributed by atoms with Crippen molar-refractivity contribution in [3.8, 4) is 0 Å². The van der Waals surface area contributed by atoms with E-state index in [1.54, 1.807) is 24.1 Å². The first kappa shape index (κ1) is 15.0. The molecule has 1 aliphatic rings. The summed E-state index contributed by atoms with van der Waals surface area (Å²) >= 11 is 0. The SMILES string of the molecule is CN(Cc1cnn(C)c1)S(=O)(=O)C1CCCC1C(=O)O. The number of carbonyl (C=O) groups is 1. The van der Waals surface area contributed by atoms with Crippen LogP contribution in [0.3, 0.4) is 0 Å². The highest BCUT2D eigenvalue weighted by atomic mass is 32.2. The van der Waals surface area contributed by atoms with Crippen LogP contribution >= 0.6 is 0 Å². The van der Waals surface area contributed by atoms with Crippen LogP contribution in [0.15, 0.2) is 12.4 Å². The van der Waals surface area contributed by atoms with Crippen LogP contribution < -0.4 is 0 Å². The Morgan fingerprint density at radius 3 is 2.80 bits per heavy atom. The third-order valence-electron chi connectivity index (χ3n) is 3.75. The number of carboxylic acids is 1. The van der Waals surface area contributed by atoms with Crippen molar-refractivity contribution in [2.24, 2.45) is 13.0 Å². The van der Waals surface area contributed by atoms with Crippen molar-refractivity contribution in [3.63, 3.8) is 0 Å². The van der Waals surface area contributed by atoms with Gasteiger partial charge in [0.05, 0.1) is 17.4 Å². The maximum Gasteiger partial charge on any atom is 0.307 e. The van der Waals surface area contributed by atoms with Gasteiger partial charge in [-0.25, -0.2) is 12.7 Å². The Kier molecular flexibility index (Phi) is 4.14. The molecule has 1 aromatic heterocycles. The molecule has 0 aromatic carbocycles. The molecule has 2 atom stereocenters. The summed E-state index contributed by atoms with van der Waals surface area (Å²) in [4.78, 5) is 11.1. The van der Waals surface area contributed by atoms with Crippen LogP contribution in [0.1, 0.15) is 24.8 Å². The van der Waals surface area contributed by atoms with Gasteiger partial charge in [0.1, 0.15) is 0 Å². The largest absolute Gasteiger partial charge is 0.481 e. The molecular weight excluding hydrogens is 282 g/mol. The molecule has 1 aromatic rings. The van der Waals surface area contributed by atoms with Gasteiger partial charge in [0.15, 0.2) is 0 Å². The van der Waals surface area contributed by atoms with Gasteiger partial charge in [-0.1, -0.05) is 6.42 Å². The monoisotopic (exact) mass is 301 g/mol. The molecule has 1 N–H and O–H groups in total. The highest BCUT2D eigenvalue weighted by Gasteiger charge is 2.43. The summed E-state index contributed by atoms with van der Waals surface area (Å²) in [5.74, 6) is -1.82. The van der Waals surface area contributed by atoms with Gasteiger partial charge < -0.3 is 5.11 Å². The van der Waals surface area contributed by atoms with Crippen LogP contribution in [-0.2, 0) is 28.4 Å². The van der Waals surface area contributed by atoms with Gasteiger partial charge in [-0.15, -0.1) is 0 Å². The van der Waals surface area contributed by atoms with Crippen LogP contribution in [0.4, 0.5) is 0 Å². The molecule has 2 unspecified atom stereocenters. The Balaban J connectivity index is 2.15. The Labute approximate surface area is 118 Å². The highest BCUT2D eigenvalue weighted by molar-refractivity contribution is 7.89. The van der Waals surface area contributed by atoms with E-state index < -0.39 is 27.2 Å². The normalized spacial score (nSPS) is 23.4. The fourth-order valence-electron chi connectivity index (χ4n) is 2.70. The summed E-state index contributed by atoms with van der Waals surface area (Å²) in [6.45, 7) is 0.207. The summed E-state index contributed by atoms with van der Waals surface area (Å²) < 4.78 is 27.8. The molecule has 0 aliphatic heterocycles.